The summed E-state index contributed by atoms with van der Waals surface area (Å²) in [4.78, 5) is 16.5. The van der Waals surface area contributed by atoms with Gasteiger partial charge in [0.1, 0.15) is 5.69 Å². The van der Waals surface area contributed by atoms with E-state index < -0.39 is 5.41 Å². The molecule has 0 radical (unpaired) electrons. The average Bonchev–Trinajstić information content (AvgIpc) is 3.11. The molecule has 0 bridgehead atoms. The highest BCUT2D eigenvalue weighted by molar-refractivity contribution is 5.98. The standard InChI is InChI=1S/C17H19N5O/c18-11-17(6-2-1-3-7-17)12-20-16(23)15-14(10-21-22-15)13-4-8-19-9-5-13/h4-5,8-10H,1-3,6-7,12H2,(H,20,23)(H,21,22). The maximum atomic E-state index is 12.5. The summed E-state index contributed by atoms with van der Waals surface area (Å²) in [6.45, 7) is 0.386. The Labute approximate surface area is 134 Å². The van der Waals surface area contributed by atoms with Crippen LogP contribution in [0.1, 0.15) is 42.6 Å². The Balaban J connectivity index is 1.72. The fourth-order valence-electron chi connectivity index (χ4n) is 3.10. The fourth-order valence-corrected chi connectivity index (χ4v) is 3.10. The van der Waals surface area contributed by atoms with Crippen molar-refractivity contribution in [1.29, 1.82) is 5.26 Å². The zero-order chi connectivity index (χ0) is 16.1. The first-order valence-corrected chi connectivity index (χ1v) is 7.87. The van der Waals surface area contributed by atoms with Gasteiger partial charge < -0.3 is 5.32 Å². The Bertz CT molecular complexity index is 710. The van der Waals surface area contributed by atoms with E-state index in [9.17, 15) is 10.1 Å². The van der Waals surface area contributed by atoms with Gasteiger partial charge >= 0.3 is 0 Å². The number of nitrogens with one attached hydrogen (secondary N) is 2. The van der Waals surface area contributed by atoms with Crippen molar-refractivity contribution in [3.8, 4) is 17.2 Å². The maximum absolute atomic E-state index is 12.5. The summed E-state index contributed by atoms with van der Waals surface area (Å²) in [5.74, 6) is -0.227. The Hall–Kier alpha value is -2.68. The SMILES string of the molecule is N#CC1(CNC(=O)c2[nH]ncc2-c2ccncc2)CCCCC1. The Morgan fingerprint density at radius 2 is 2.04 bits per heavy atom. The van der Waals surface area contributed by atoms with Crippen molar-refractivity contribution < 1.29 is 4.79 Å². The second kappa shape index (κ2) is 6.61. The van der Waals surface area contributed by atoms with Crippen LogP contribution in [0, 0.1) is 16.7 Å². The molecule has 23 heavy (non-hydrogen) atoms. The predicted octanol–water partition coefficient (Wildman–Crippen LogP) is 2.68. The molecule has 0 aliphatic heterocycles. The van der Waals surface area contributed by atoms with Gasteiger partial charge in [0.2, 0.25) is 0 Å². The quantitative estimate of drug-likeness (QED) is 0.907. The monoisotopic (exact) mass is 309 g/mol. The predicted molar refractivity (Wildman–Crippen MR) is 85.3 cm³/mol. The zero-order valence-electron chi connectivity index (χ0n) is 12.9. The van der Waals surface area contributed by atoms with Gasteiger partial charge in [-0.1, -0.05) is 19.3 Å². The van der Waals surface area contributed by atoms with Crippen molar-refractivity contribution in [2.24, 2.45) is 5.41 Å². The van der Waals surface area contributed by atoms with Crippen LogP contribution in [0.25, 0.3) is 11.1 Å². The van der Waals surface area contributed by atoms with Gasteiger partial charge in [-0.3, -0.25) is 14.9 Å². The van der Waals surface area contributed by atoms with E-state index >= 15 is 0 Å². The van der Waals surface area contributed by atoms with E-state index in [4.69, 9.17) is 0 Å². The van der Waals surface area contributed by atoms with E-state index in [1.54, 1.807) is 18.6 Å². The molecule has 6 heteroatoms. The largest absolute Gasteiger partial charge is 0.349 e. The third kappa shape index (κ3) is 3.24. The number of carbonyl (C=O) groups is 1. The summed E-state index contributed by atoms with van der Waals surface area (Å²) in [7, 11) is 0. The van der Waals surface area contributed by atoms with E-state index in [1.165, 1.54) is 6.42 Å². The van der Waals surface area contributed by atoms with Crippen LogP contribution in [0.2, 0.25) is 0 Å². The topological polar surface area (TPSA) is 94.5 Å². The molecule has 2 aromatic rings. The number of nitrogens with zero attached hydrogens (tertiary/aromatic N) is 3. The molecule has 2 N–H and O–H groups in total. The number of H-pyrrole nitrogens is 1. The summed E-state index contributed by atoms with van der Waals surface area (Å²) in [5.41, 5.74) is 1.61. The molecule has 0 unspecified atom stereocenters. The number of aromatic nitrogens is 3. The van der Waals surface area contributed by atoms with E-state index in [0.717, 1.165) is 36.8 Å². The lowest BCUT2D eigenvalue weighted by atomic mass is 9.75. The molecule has 0 aromatic carbocycles. The molecule has 1 amide bonds. The second-order valence-corrected chi connectivity index (χ2v) is 6.03. The minimum absolute atomic E-state index is 0.227. The summed E-state index contributed by atoms with van der Waals surface area (Å²) in [6, 6.07) is 6.08. The van der Waals surface area contributed by atoms with Crippen LogP contribution < -0.4 is 5.32 Å². The van der Waals surface area contributed by atoms with Crippen molar-refractivity contribution in [2.75, 3.05) is 6.54 Å². The van der Waals surface area contributed by atoms with E-state index in [0.29, 0.717) is 12.2 Å². The van der Waals surface area contributed by atoms with E-state index in [-0.39, 0.29) is 5.91 Å². The molecule has 118 valence electrons. The maximum Gasteiger partial charge on any atom is 0.269 e. The third-order valence-electron chi connectivity index (χ3n) is 4.49. The van der Waals surface area contributed by atoms with Gasteiger partial charge in [-0.15, -0.1) is 0 Å². The number of amides is 1. The number of hydrogen-bond acceptors (Lipinski definition) is 4. The highest BCUT2D eigenvalue weighted by Crippen LogP contribution is 2.35. The number of aromatic amines is 1. The van der Waals surface area contributed by atoms with Gasteiger partial charge in [-0.25, -0.2) is 0 Å². The zero-order valence-corrected chi connectivity index (χ0v) is 12.9. The number of hydrogen-bond donors (Lipinski definition) is 2. The molecular weight excluding hydrogens is 290 g/mol. The number of nitriles is 1. The van der Waals surface area contributed by atoms with Crippen LogP contribution in [0.15, 0.2) is 30.7 Å². The Kier molecular flexibility index (Phi) is 4.38. The normalized spacial score (nSPS) is 16.5. The minimum Gasteiger partial charge on any atom is -0.349 e. The highest BCUT2D eigenvalue weighted by atomic mass is 16.1. The smallest absolute Gasteiger partial charge is 0.269 e. The first-order valence-electron chi connectivity index (χ1n) is 7.87. The van der Waals surface area contributed by atoms with Gasteiger partial charge in [0, 0.05) is 24.5 Å². The van der Waals surface area contributed by atoms with Gasteiger partial charge in [-0.05, 0) is 30.5 Å². The molecule has 3 rings (SSSR count). The second-order valence-electron chi connectivity index (χ2n) is 6.03. The minimum atomic E-state index is -0.426. The van der Waals surface area contributed by atoms with E-state index in [2.05, 4.69) is 26.6 Å². The fraction of sp³-hybridized carbons (Fsp3) is 0.412. The summed E-state index contributed by atoms with van der Waals surface area (Å²) < 4.78 is 0. The molecule has 0 spiro atoms. The van der Waals surface area contributed by atoms with Crippen molar-refractivity contribution in [1.82, 2.24) is 20.5 Å². The lowest BCUT2D eigenvalue weighted by Gasteiger charge is -2.30. The van der Waals surface area contributed by atoms with Crippen molar-refractivity contribution in [3.05, 3.63) is 36.4 Å². The molecule has 0 saturated heterocycles. The lowest BCUT2D eigenvalue weighted by molar-refractivity contribution is 0.0927. The van der Waals surface area contributed by atoms with Gasteiger partial charge in [0.15, 0.2) is 0 Å². The molecule has 1 aliphatic rings. The van der Waals surface area contributed by atoms with Crippen molar-refractivity contribution in [2.45, 2.75) is 32.1 Å². The van der Waals surface area contributed by atoms with Crippen molar-refractivity contribution >= 4 is 5.91 Å². The van der Waals surface area contributed by atoms with Gasteiger partial charge in [0.05, 0.1) is 17.7 Å². The van der Waals surface area contributed by atoms with Crippen LogP contribution in [0.5, 0.6) is 0 Å². The third-order valence-corrected chi connectivity index (χ3v) is 4.49. The molecule has 1 saturated carbocycles. The molecule has 6 nitrogen and oxygen atoms in total. The van der Waals surface area contributed by atoms with Crippen LogP contribution >= 0.6 is 0 Å². The van der Waals surface area contributed by atoms with Gasteiger partial charge in [0.25, 0.3) is 5.91 Å². The molecular formula is C17H19N5O. The molecule has 2 heterocycles. The average molecular weight is 309 g/mol. The number of pyridine rings is 1. The Morgan fingerprint density at radius 1 is 1.30 bits per heavy atom. The van der Waals surface area contributed by atoms with Crippen LogP contribution in [0.3, 0.4) is 0 Å². The van der Waals surface area contributed by atoms with Gasteiger partial charge in [-0.2, -0.15) is 10.4 Å². The first kappa shape index (κ1) is 15.2. The lowest BCUT2D eigenvalue weighted by Crippen LogP contribution is -2.38. The van der Waals surface area contributed by atoms with Crippen molar-refractivity contribution in [3.63, 3.8) is 0 Å². The first-order chi connectivity index (χ1) is 11.2. The number of rotatable bonds is 4. The molecule has 2 aromatic heterocycles. The molecule has 0 atom stereocenters. The summed E-state index contributed by atoms with van der Waals surface area (Å²) in [5, 5.41) is 19.1. The summed E-state index contributed by atoms with van der Waals surface area (Å²) >= 11 is 0. The molecule has 1 fully saturated rings. The molecule has 1 aliphatic carbocycles. The van der Waals surface area contributed by atoms with Crippen LogP contribution in [-0.4, -0.2) is 27.6 Å². The van der Waals surface area contributed by atoms with Crippen LogP contribution in [-0.2, 0) is 0 Å². The number of carbonyl (C=O) groups excluding carboxylic acids is 1. The van der Waals surface area contributed by atoms with E-state index in [1.807, 2.05) is 12.1 Å². The summed E-state index contributed by atoms with van der Waals surface area (Å²) in [6.07, 6.45) is 9.96. The highest BCUT2D eigenvalue weighted by Gasteiger charge is 2.32. The Morgan fingerprint density at radius 3 is 2.74 bits per heavy atom. The van der Waals surface area contributed by atoms with Crippen LogP contribution in [0.4, 0.5) is 0 Å².